The fourth-order valence-corrected chi connectivity index (χ4v) is 6.81. The molecule has 0 radical (unpaired) electrons. The van der Waals surface area contributed by atoms with E-state index in [0.29, 0.717) is 54.7 Å². The highest BCUT2D eigenvalue weighted by Crippen LogP contribution is 2.29. The molecule has 0 bridgehead atoms. The Labute approximate surface area is 291 Å². The monoisotopic (exact) mass is 693 g/mol. The molecule has 3 aromatic carbocycles. The Balaban J connectivity index is 1.10. The smallest absolute Gasteiger partial charge is 0.254 e. The predicted molar refractivity (Wildman–Crippen MR) is 189 cm³/mol. The molecule has 0 saturated carbocycles. The van der Waals surface area contributed by atoms with Crippen LogP contribution in [0.1, 0.15) is 67.7 Å². The van der Waals surface area contributed by atoms with Crippen molar-refractivity contribution in [2.75, 3.05) is 32.0 Å². The lowest BCUT2D eigenvalue weighted by molar-refractivity contribution is -0.133. The number of carbonyl (C=O) groups is 2. The largest absolute Gasteiger partial charge is 0.494 e. The Morgan fingerprint density at radius 3 is 2.45 bits per heavy atom. The molecule has 1 saturated heterocycles. The maximum Gasteiger partial charge on any atom is 0.254 e. The second kappa shape index (κ2) is 17.0. The number of nitrogens with zero attached hydrogens (tertiary/aromatic N) is 5. The molecule has 1 unspecified atom stereocenters. The third-order valence-electron chi connectivity index (χ3n) is 8.19. The van der Waals surface area contributed by atoms with Crippen molar-refractivity contribution in [2.24, 2.45) is 0 Å². The topological polar surface area (TPSA) is 80.6 Å². The Hall–Kier alpha value is -3.53. The van der Waals surface area contributed by atoms with E-state index in [4.69, 9.17) is 27.9 Å². The summed E-state index contributed by atoms with van der Waals surface area (Å²) in [5.74, 6) is 2.50. The van der Waals surface area contributed by atoms with E-state index < -0.39 is 0 Å². The van der Waals surface area contributed by atoms with Gasteiger partial charge < -0.3 is 14.5 Å². The van der Waals surface area contributed by atoms with Crippen LogP contribution in [0.2, 0.25) is 10.0 Å². The first-order valence-corrected chi connectivity index (χ1v) is 18.0. The summed E-state index contributed by atoms with van der Waals surface area (Å²) >= 11 is 14.2. The summed E-state index contributed by atoms with van der Waals surface area (Å²) in [5.41, 5.74) is 2.63. The van der Waals surface area contributed by atoms with Gasteiger partial charge in [0.05, 0.1) is 22.3 Å². The molecule has 1 aliphatic rings. The van der Waals surface area contributed by atoms with Gasteiger partial charge in [0, 0.05) is 49.8 Å². The second-order valence-electron chi connectivity index (χ2n) is 11.7. The Morgan fingerprint density at radius 1 is 0.936 bits per heavy atom. The molecule has 248 valence electrons. The van der Waals surface area contributed by atoms with Crippen molar-refractivity contribution in [3.05, 3.63) is 99.8 Å². The molecule has 1 aliphatic heterocycles. The highest BCUT2D eigenvalue weighted by molar-refractivity contribution is 7.99. The van der Waals surface area contributed by atoms with E-state index >= 15 is 0 Å². The van der Waals surface area contributed by atoms with Gasteiger partial charge in [-0.15, -0.1) is 10.2 Å². The fraction of sp³-hybridized carbons (Fsp3) is 0.389. The third-order valence-corrected chi connectivity index (χ3v) is 9.95. The number of hydrogen-bond acceptors (Lipinski definition) is 6. The molecule has 47 heavy (non-hydrogen) atoms. The van der Waals surface area contributed by atoms with Crippen molar-refractivity contribution in [2.45, 2.75) is 63.6 Å². The SMILES string of the molecule is CCCCOc1ccc(C(=O)N2CCN(C(=O)CCCCSc3nnc(Cc4ccccc4)n3-c3ccc(Cl)c(Cl)c3)CC2C)cc1. The van der Waals surface area contributed by atoms with E-state index in [1.807, 2.05) is 75.9 Å². The van der Waals surface area contributed by atoms with Gasteiger partial charge in [-0.25, -0.2) is 0 Å². The van der Waals surface area contributed by atoms with E-state index in [0.717, 1.165) is 59.4 Å². The number of thioether (sulfide) groups is 1. The Bertz CT molecular complexity index is 1630. The molecule has 1 aromatic heterocycles. The van der Waals surface area contributed by atoms with Crippen LogP contribution in [0.25, 0.3) is 5.69 Å². The maximum atomic E-state index is 13.2. The first kappa shape index (κ1) is 34.8. The second-order valence-corrected chi connectivity index (χ2v) is 13.6. The van der Waals surface area contributed by atoms with Crippen LogP contribution in [0, 0.1) is 0 Å². The summed E-state index contributed by atoms with van der Waals surface area (Å²) in [5, 5.41) is 10.8. The van der Waals surface area contributed by atoms with Gasteiger partial charge in [-0.2, -0.15) is 0 Å². The van der Waals surface area contributed by atoms with E-state index in [-0.39, 0.29) is 17.9 Å². The molecule has 0 aliphatic carbocycles. The lowest BCUT2D eigenvalue weighted by Crippen LogP contribution is -2.55. The summed E-state index contributed by atoms with van der Waals surface area (Å²) in [7, 11) is 0. The molecule has 0 N–H and O–H groups in total. The zero-order chi connectivity index (χ0) is 33.2. The van der Waals surface area contributed by atoms with Crippen LogP contribution < -0.4 is 4.74 Å². The Morgan fingerprint density at radius 2 is 1.72 bits per heavy atom. The van der Waals surface area contributed by atoms with Gasteiger partial charge in [0.15, 0.2) is 5.16 Å². The number of piperazine rings is 1. The molecule has 0 spiro atoms. The average Bonchev–Trinajstić information content (AvgIpc) is 3.48. The molecule has 11 heteroatoms. The van der Waals surface area contributed by atoms with Crippen LogP contribution in [0.5, 0.6) is 5.75 Å². The molecule has 1 atom stereocenters. The Kier molecular flexibility index (Phi) is 12.6. The van der Waals surface area contributed by atoms with E-state index in [1.54, 1.807) is 17.8 Å². The van der Waals surface area contributed by atoms with Crippen LogP contribution in [0.15, 0.2) is 78.0 Å². The molecule has 8 nitrogen and oxygen atoms in total. The number of carbonyl (C=O) groups excluding carboxylic acids is 2. The lowest BCUT2D eigenvalue weighted by atomic mass is 10.1. The minimum atomic E-state index is -0.0611. The number of ether oxygens (including phenoxy) is 1. The van der Waals surface area contributed by atoms with Gasteiger partial charge in [-0.3, -0.25) is 14.2 Å². The fourth-order valence-electron chi connectivity index (χ4n) is 5.55. The highest BCUT2D eigenvalue weighted by atomic mass is 35.5. The summed E-state index contributed by atoms with van der Waals surface area (Å²) < 4.78 is 7.75. The predicted octanol–water partition coefficient (Wildman–Crippen LogP) is 7.98. The molecular formula is C36H41Cl2N5O3S. The number of unbranched alkanes of at least 4 members (excludes halogenated alkanes) is 2. The summed E-state index contributed by atoms with van der Waals surface area (Å²) in [6.07, 6.45) is 4.79. The third kappa shape index (κ3) is 9.30. The van der Waals surface area contributed by atoms with Crippen LogP contribution in [0.4, 0.5) is 0 Å². The molecule has 2 heterocycles. The van der Waals surface area contributed by atoms with Crippen molar-refractivity contribution >= 4 is 46.8 Å². The molecule has 1 fully saturated rings. The lowest BCUT2D eigenvalue weighted by Gasteiger charge is -2.40. The van der Waals surface area contributed by atoms with Gasteiger partial charge >= 0.3 is 0 Å². The molecule has 5 rings (SSSR count). The standard InChI is InChI=1S/C36H41Cl2N5O3S/c1-3-4-21-46-30-16-13-28(14-17-30)35(45)42-20-19-41(25-26(42)2)34(44)12-8-9-22-47-36-40-39-33(23-27-10-6-5-7-11-27)43(36)29-15-18-31(37)32(38)24-29/h5-7,10-11,13-18,24,26H,3-4,8-9,12,19-23,25H2,1-2H3. The summed E-state index contributed by atoms with van der Waals surface area (Å²) in [4.78, 5) is 30.1. The van der Waals surface area contributed by atoms with Crippen molar-refractivity contribution in [1.29, 1.82) is 0 Å². The molecule has 2 amide bonds. The number of aromatic nitrogens is 3. The van der Waals surface area contributed by atoms with Gasteiger partial charge in [0.1, 0.15) is 11.6 Å². The van der Waals surface area contributed by atoms with Gasteiger partial charge in [-0.05, 0) is 74.2 Å². The van der Waals surface area contributed by atoms with E-state index in [1.165, 1.54) is 0 Å². The van der Waals surface area contributed by atoms with Gasteiger partial charge in [0.25, 0.3) is 5.91 Å². The van der Waals surface area contributed by atoms with E-state index in [9.17, 15) is 9.59 Å². The van der Waals surface area contributed by atoms with Crippen LogP contribution >= 0.6 is 35.0 Å². The number of halogens is 2. The van der Waals surface area contributed by atoms with Crippen molar-refractivity contribution in [3.8, 4) is 11.4 Å². The highest BCUT2D eigenvalue weighted by Gasteiger charge is 2.30. The van der Waals surface area contributed by atoms with Crippen molar-refractivity contribution < 1.29 is 14.3 Å². The van der Waals surface area contributed by atoms with Crippen LogP contribution in [-0.2, 0) is 11.2 Å². The maximum absolute atomic E-state index is 13.2. The van der Waals surface area contributed by atoms with E-state index in [2.05, 4.69) is 29.3 Å². The molecule has 4 aromatic rings. The van der Waals surface area contributed by atoms with Crippen LogP contribution in [0.3, 0.4) is 0 Å². The summed E-state index contributed by atoms with van der Waals surface area (Å²) in [6.45, 7) is 6.40. The minimum Gasteiger partial charge on any atom is -0.494 e. The van der Waals surface area contributed by atoms with Gasteiger partial charge in [-0.1, -0.05) is 78.6 Å². The normalized spacial score (nSPS) is 14.8. The first-order valence-electron chi connectivity index (χ1n) is 16.2. The number of rotatable bonds is 14. The average molecular weight is 695 g/mol. The molecular weight excluding hydrogens is 653 g/mol. The number of hydrogen-bond donors (Lipinski definition) is 0. The zero-order valence-electron chi connectivity index (χ0n) is 26.9. The van der Waals surface area contributed by atoms with Crippen molar-refractivity contribution in [1.82, 2.24) is 24.6 Å². The minimum absolute atomic E-state index is 0.0117. The van der Waals surface area contributed by atoms with Gasteiger partial charge in [0.2, 0.25) is 5.91 Å². The zero-order valence-corrected chi connectivity index (χ0v) is 29.2. The summed E-state index contributed by atoms with van der Waals surface area (Å²) in [6, 6.07) is 23.0. The first-order chi connectivity index (χ1) is 22.8. The van der Waals surface area contributed by atoms with Crippen LogP contribution in [-0.4, -0.2) is 74.4 Å². The number of amides is 2. The number of benzene rings is 3. The van der Waals surface area contributed by atoms with Crippen molar-refractivity contribution in [3.63, 3.8) is 0 Å². The quantitative estimate of drug-likeness (QED) is 0.0984.